The van der Waals surface area contributed by atoms with Crippen LogP contribution in [0.1, 0.15) is 42.8 Å². The van der Waals surface area contributed by atoms with Gasteiger partial charge in [-0.05, 0) is 18.6 Å². The van der Waals surface area contributed by atoms with Gasteiger partial charge in [-0.3, -0.25) is 9.89 Å². The van der Waals surface area contributed by atoms with E-state index >= 15 is 0 Å². The molecule has 2 aliphatic heterocycles. The van der Waals surface area contributed by atoms with Crippen molar-refractivity contribution >= 4 is 44.8 Å². The number of aliphatic imine (C=N–C) groups is 1. The standard InChI is InChI=1S/C25H31ClFN5O4S2/c1-4-5-6-17-14-31(10-11-32(17)38(3,34)35)15-20-21(25(33)36-2)22(18-8-7-16(27)13-19(18)26)30-23(29-20)24-28-9-12-37-24/h7-9,12-13,17,22H,4-6,10-11,14-15H2,1-3H3,(H,29,30)/t17-,22+/m1/s1. The fraction of sp³-hybridized carbons (Fsp3) is 0.480. The molecular formula is C25H31ClFN5O4S2. The monoisotopic (exact) mass is 583 g/mol. The smallest absolute Gasteiger partial charge is 0.338 e. The molecule has 3 heterocycles. The number of rotatable bonds is 9. The summed E-state index contributed by atoms with van der Waals surface area (Å²) in [6.45, 7) is 3.75. The minimum absolute atomic E-state index is 0.140. The van der Waals surface area contributed by atoms with E-state index in [1.54, 1.807) is 10.5 Å². The maximum Gasteiger partial charge on any atom is 0.338 e. The molecular weight excluding hydrogens is 553 g/mol. The van der Waals surface area contributed by atoms with Crippen LogP contribution in [-0.4, -0.2) is 80.0 Å². The van der Waals surface area contributed by atoms with Crippen molar-refractivity contribution in [1.82, 2.24) is 19.5 Å². The van der Waals surface area contributed by atoms with E-state index in [-0.39, 0.29) is 16.6 Å². The molecule has 4 rings (SSSR count). The molecule has 0 spiro atoms. The largest absolute Gasteiger partial charge is 0.466 e. The summed E-state index contributed by atoms with van der Waals surface area (Å²) in [5.74, 6) is -0.620. The van der Waals surface area contributed by atoms with Gasteiger partial charge >= 0.3 is 5.97 Å². The number of thiazole rings is 1. The third-order valence-electron chi connectivity index (χ3n) is 6.63. The first-order valence-electron chi connectivity index (χ1n) is 12.3. The topological polar surface area (TPSA) is 104 Å². The highest BCUT2D eigenvalue weighted by Gasteiger charge is 2.37. The Morgan fingerprint density at radius 2 is 2.13 bits per heavy atom. The molecule has 0 unspecified atom stereocenters. The van der Waals surface area contributed by atoms with Gasteiger partial charge in [0.25, 0.3) is 0 Å². The van der Waals surface area contributed by atoms with Gasteiger partial charge in [0.2, 0.25) is 10.0 Å². The number of sulfonamides is 1. The lowest BCUT2D eigenvalue weighted by molar-refractivity contribution is -0.136. The molecule has 1 aromatic carbocycles. The molecule has 2 atom stereocenters. The fourth-order valence-corrected chi connectivity index (χ4v) is 6.84. The number of aromatic nitrogens is 1. The van der Waals surface area contributed by atoms with Gasteiger partial charge in [-0.2, -0.15) is 4.31 Å². The lowest BCUT2D eigenvalue weighted by Gasteiger charge is -2.41. The van der Waals surface area contributed by atoms with Crippen LogP contribution >= 0.6 is 22.9 Å². The molecule has 1 fully saturated rings. The number of nitrogens with one attached hydrogen (secondary N) is 1. The van der Waals surface area contributed by atoms with Gasteiger partial charge in [-0.1, -0.05) is 37.4 Å². The highest BCUT2D eigenvalue weighted by molar-refractivity contribution is 7.88. The zero-order valence-corrected chi connectivity index (χ0v) is 23.9. The van der Waals surface area contributed by atoms with E-state index < -0.39 is 27.9 Å². The molecule has 13 heteroatoms. The van der Waals surface area contributed by atoms with Gasteiger partial charge in [0.05, 0.1) is 18.9 Å². The first-order chi connectivity index (χ1) is 18.1. The van der Waals surface area contributed by atoms with Crippen LogP contribution in [0.2, 0.25) is 5.02 Å². The van der Waals surface area contributed by atoms with Gasteiger partial charge in [0.15, 0.2) is 10.8 Å². The molecule has 206 valence electrons. The lowest BCUT2D eigenvalue weighted by Crippen LogP contribution is -2.55. The number of halogens is 2. The summed E-state index contributed by atoms with van der Waals surface area (Å²) in [6, 6.07) is 2.97. The summed E-state index contributed by atoms with van der Waals surface area (Å²) < 4.78 is 45.4. The highest BCUT2D eigenvalue weighted by atomic mass is 35.5. The lowest BCUT2D eigenvalue weighted by atomic mass is 9.95. The predicted molar refractivity (Wildman–Crippen MR) is 146 cm³/mol. The van der Waals surface area contributed by atoms with Gasteiger partial charge in [-0.15, -0.1) is 11.3 Å². The van der Waals surface area contributed by atoms with Crippen molar-refractivity contribution < 1.29 is 22.3 Å². The summed E-state index contributed by atoms with van der Waals surface area (Å²) in [5, 5.41) is 5.87. The highest BCUT2D eigenvalue weighted by Crippen LogP contribution is 2.37. The van der Waals surface area contributed by atoms with Crippen molar-refractivity contribution in [3.8, 4) is 0 Å². The average molecular weight is 584 g/mol. The van der Waals surface area contributed by atoms with Crippen molar-refractivity contribution in [3.05, 3.63) is 62.5 Å². The second kappa shape index (κ2) is 12.2. The zero-order valence-electron chi connectivity index (χ0n) is 21.5. The second-order valence-corrected chi connectivity index (χ2v) is 12.5. The van der Waals surface area contributed by atoms with Gasteiger partial charge < -0.3 is 10.1 Å². The van der Waals surface area contributed by atoms with E-state index in [0.717, 1.165) is 19.3 Å². The Morgan fingerprint density at radius 3 is 2.76 bits per heavy atom. The van der Waals surface area contributed by atoms with E-state index in [1.165, 1.54) is 42.9 Å². The van der Waals surface area contributed by atoms with E-state index in [0.29, 0.717) is 48.3 Å². The molecule has 1 N–H and O–H groups in total. The minimum Gasteiger partial charge on any atom is -0.466 e. The number of methoxy groups -OCH3 is 1. The second-order valence-electron chi connectivity index (χ2n) is 9.30. The van der Waals surface area contributed by atoms with Gasteiger partial charge in [0.1, 0.15) is 11.9 Å². The Morgan fingerprint density at radius 1 is 1.34 bits per heavy atom. The summed E-state index contributed by atoms with van der Waals surface area (Å²) in [7, 11) is -2.05. The van der Waals surface area contributed by atoms with Crippen molar-refractivity contribution in [2.75, 3.05) is 39.5 Å². The van der Waals surface area contributed by atoms with Gasteiger partial charge in [0, 0.05) is 60.1 Å². The van der Waals surface area contributed by atoms with E-state index in [9.17, 15) is 17.6 Å². The minimum atomic E-state index is -3.35. The predicted octanol–water partition coefficient (Wildman–Crippen LogP) is 3.59. The third kappa shape index (κ3) is 6.42. The SMILES string of the molecule is CCCC[C@@H]1CN(CC2=C(C(=O)OC)[C@H](c3ccc(F)cc3Cl)N=C(c3nccs3)N2)CCN1S(C)(=O)=O. The quantitative estimate of drug-likeness (QED) is 0.450. The maximum absolute atomic E-state index is 13.9. The van der Waals surface area contributed by atoms with Crippen molar-refractivity contribution in [1.29, 1.82) is 0 Å². The number of hydrogen-bond acceptors (Lipinski definition) is 9. The van der Waals surface area contributed by atoms with E-state index in [4.69, 9.17) is 21.3 Å². The van der Waals surface area contributed by atoms with Crippen LogP contribution in [0.3, 0.4) is 0 Å². The molecule has 9 nitrogen and oxygen atoms in total. The first kappa shape index (κ1) is 28.6. The fourth-order valence-electron chi connectivity index (χ4n) is 4.85. The summed E-state index contributed by atoms with van der Waals surface area (Å²) in [4.78, 5) is 24.4. The number of carbonyl (C=O) groups excluding carboxylic acids is 1. The van der Waals surface area contributed by atoms with Crippen molar-refractivity contribution in [2.45, 2.75) is 38.3 Å². The van der Waals surface area contributed by atoms with Crippen LogP contribution in [0, 0.1) is 5.82 Å². The molecule has 1 aromatic heterocycles. The maximum atomic E-state index is 13.9. The Balaban J connectivity index is 1.73. The molecule has 2 aromatic rings. The number of amidine groups is 1. The molecule has 0 radical (unpaired) electrons. The Bertz CT molecular complexity index is 1330. The zero-order chi connectivity index (χ0) is 27.4. The van der Waals surface area contributed by atoms with Crippen LogP contribution in [0.4, 0.5) is 4.39 Å². The molecule has 0 amide bonds. The van der Waals surface area contributed by atoms with Crippen LogP contribution < -0.4 is 5.32 Å². The molecule has 0 aliphatic carbocycles. The van der Waals surface area contributed by atoms with Crippen LogP contribution in [-0.2, 0) is 19.6 Å². The van der Waals surface area contributed by atoms with Crippen LogP contribution in [0.15, 0.2) is 46.0 Å². The molecule has 2 aliphatic rings. The number of unbranched alkanes of at least 4 members (excludes halogenated alkanes) is 1. The van der Waals surface area contributed by atoms with Crippen LogP contribution in [0.5, 0.6) is 0 Å². The number of ether oxygens (including phenoxy) is 1. The third-order valence-corrected chi connectivity index (χ3v) is 9.07. The van der Waals surface area contributed by atoms with E-state index in [2.05, 4.69) is 22.1 Å². The van der Waals surface area contributed by atoms with Crippen LogP contribution in [0.25, 0.3) is 0 Å². The first-order valence-corrected chi connectivity index (χ1v) is 15.4. The normalized spacial score (nSPS) is 21.2. The average Bonchev–Trinajstić information content (AvgIpc) is 3.41. The molecule has 0 bridgehead atoms. The van der Waals surface area contributed by atoms with Crippen molar-refractivity contribution in [2.24, 2.45) is 4.99 Å². The Labute approximate surface area is 231 Å². The Kier molecular flexibility index (Phi) is 9.19. The van der Waals surface area contributed by atoms with Crippen molar-refractivity contribution in [3.63, 3.8) is 0 Å². The number of benzene rings is 1. The van der Waals surface area contributed by atoms with Gasteiger partial charge in [-0.25, -0.2) is 22.6 Å². The number of piperazine rings is 1. The number of nitrogens with zero attached hydrogens (tertiary/aromatic N) is 4. The number of carbonyl (C=O) groups is 1. The summed E-state index contributed by atoms with van der Waals surface area (Å²) in [5.41, 5.74) is 1.28. The summed E-state index contributed by atoms with van der Waals surface area (Å²) in [6.07, 6.45) is 5.52. The van der Waals surface area contributed by atoms with E-state index in [1.807, 2.05) is 5.38 Å². The number of esters is 1. The molecule has 1 saturated heterocycles. The molecule has 0 saturated carbocycles. The summed E-state index contributed by atoms with van der Waals surface area (Å²) >= 11 is 7.81. The number of hydrogen-bond donors (Lipinski definition) is 1. The molecule has 38 heavy (non-hydrogen) atoms. The Hall–Kier alpha value is -2.38.